The van der Waals surface area contributed by atoms with Crippen LogP contribution in [0.1, 0.15) is 89.0 Å². The minimum atomic E-state index is 0.287. The minimum Gasteiger partial charge on any atom is -0.494 e. The maximum Gasteiger partial charge on any atom is 0.119 e. The normalized spacial score (nSPS) is 25.5. The fourth-order valence-electron chi connectivity index (χ4n) is 4.67. The van der Waals surface area contributed by atoms with Crippen LogP contribution in [0.25, 0.3) is 0 Å². The largest absolute Gasteiger partial charge is 0.494 e. The topological polar surface area (TPSA) is 27.7 Å². The van der Waals surface area contributed by atoms with Crippen LogP contribution < -0.4 is 4.74 Å². The van der Waals surface area contributed by atoms with Gasteiger partial charge in [0.1, 0.15) is 5.75 Å². The highest BCUT2D eigenvalue weighted by Crippen LogP contribution is 2.38. The fourth-order valence-corrected chi connectivity index (χ4v) is 4.67. The number of hydrogen-bond donors (Lipinski definition) is 0. The van der Waals surface area contributed by atoms with Gasteiger partial charge in [0.25, 0.3) is 0 Å². The quantitative estimate of drug-likeness (QED) is 0.405. The lowest BCUT2D eigenvalue weighted by molar-refractivity contribution is -0.0913. The van der Waals surface area contributed by atoms with Gasteiger partial charge in [-0.1, -0.05) is 44.7 Å². The first-order valence-corrected chi connectivity index (χ1v) is 11.8. The van der Waals surface area contributed by atoms with Crippen molar-refractivity contribution in [2.45, 2.75) is 89.6 Å². The summed E-state index contributed by atoms with van der Waals surface area (Å²) < 4.78 is 17.1. The molecule has 2 fully saturated rings. The summed E-state index contributed by atoms with van der Waals surface area (Å²) in [6.07, 6.45) is 14.8. The Labute approximate surface area is 172 Å². The molecule has 1 aromatic carbocycles. The van der Waals surface area contributed by atoms with Crippen LogP contribution in [0.3, 0.4) is 0 Å². The molecule has 1 saturated carbocycles. The van der Waals surface area contributed by atoms with Crippen LogP contribution in [0.2, 0.25) is 0 Å². The average molecular weight is 389 g/mol. The van der Waals surface area contributed by atoms with Crippen LogP contribution in [0, 0.1) is 5.92 Å². The lowest BCUT2D eigenvalue weighted by atomic mass is 9.77. The Bertz CT molecular complexity index is 513. The predicted octanol–water partition coefficient (Wildman–Crippen LogP) is 6.51. The summed E-state index contributed by atoms with van der Waals surface area (Å²) in [5.74, 6) is 2.75. The molecule has 3 heteroatoms. The molecular formula is C25H40O3. The van der Waals surface area contributed by atoms with Crippen molar-refractivity contribution in [2.75, 3.05) is 26.4 Å². The molecule has 0 aromatic heterocycles. The molecule has 2 aliphatic rings. The molecule has 1 saturated heterocycles. The number of rotatable bonds is 11. The maximum atomic E-state index is 5.94. The summed E-state index contributed by atoms with van der Waals surface area (Å²) in [5, 5.41) is 0. The van der Waals surface area contributed by atoms with E-state index in [1.54, 1.807) is 0 Å². The highest BCUT2D eigenvalue weighted by atomic mass is 16.6. The van der Waals surface area contributed by atoms with Crippen molar-refractivity contribution in [3.05, 3.63) is 29.8 Å². The first-order valence-electron chi connectivity index (χ1n) is 11.8. The summed E-state index contributed by atoms with van der Waals surface area (Å²) in [4.78, 5) is 0. The van der Waals surface area contributed by atoms with Crippen LogP contribution in [-0.2, 0) is 9.47 Å². The second-order valence-corrected chi connectivity index (χ2v) is 8.69. The van der Waals surface area contributed by atoms with Gasteiger partial charge in [-0.25, -0.2) is 0 Å². The van der Waals surface area contributed by atoms with E-state index in [4.69, 9.17) is 14.2 Å². The maximum absolute atomic E-state index is 5.94. The van der Waals surface area contributed by atoms with Crippen LogP contribution in [-0.4, -0.2) is 32.5 Å². The van der Waals surface area contributed by atoms with Gasteiger partial charge in [0.15, 0.2) is 0 Å². The standard InChI is InChI=1S/C25H40O3/c1-2-3-4-7-21-9-11-22(12-10-21)23-13-15-24(16-14-23)27-17-6-5-8-25-20-26-18-19-28-25/h13-16,21-22,25H,2-12,17-20H2,1H3. The molecule has 0 radical (unpaired) electrons. The molecule has 3 rings (SSSR count). The van der Waals surface area contributed by atoms with Gasteiger partial charge in [0.2, 0.25) is 0 Å². The van der Waals surface area contributed by atoms with E-state index in [1.807, 2.05) is 0 Å². The van der Waals surface area contributed by atoms with Gasteiger partial charge < -0.3 is 14.2 Å². The Balaban J connectivity index is 1.29. The zero-order valence-corrected chi connectivity index (χ0v) is 17.9. The predicted molar refractivity (Wildman–Crippen MR) is 115 cm³/mol. The van der Waals surface area contributed by atoms with E-state index >= 15 is 0 Å². The molecule has 1 aliphatic heterocycles. The zero-order chi connectivity index (χ0) is 19.4. The van der Waals surface area contributed by atoms with Crippen LogP contribution in [0.4, 0.5) is 0 Å². The van der Waals surface area contributed by atoms with E-state index in [1.165, 1.54) is 56.9 Å². The smallest absolute Gasteiger partial charge is 0.119 e. The molecule has 28 heavy (non-hydrogen) atoms. The van der Waals surface area contributed by atoms with E-state index in [-0.39, 0.29) is 6.10 Å². The van der Waals surface area contributed by atoms with Crippen molar-refractivity contribution in [3.8, 4) is 5.75 Å². The van der Waals surface area contributed by atoms with Crippen LogP contribution in [0.5, 0.6) is 5.75 Å². The molecule has 1 aromatic rings. The van der Waals surface area contributed by atoms with Crippen molar-refractivity contribution in [1.29, 1.82) is 0 Å². The molecule has 1 unspecified atom stereocenters. The Morgan fingerprint density at radius 2 is 1.68 bits per heavy atom. The molecule has 0 bridgehead atoms. The Morgan fingerprint density at radius 1 is 0.893 bits per heavy atom. The molecule has 0 amide bonds. The third kappa shape index (κ3) is 7.40. The summed E-state index contributed by atoms with van der Waals surface area (Å²) in [7, 11) is 0. The Morgan fingerprint density at radius 3 is 2.39 bits per heavy atom. The molecule has 158 valence electrons. The van der Waals surface area contributed by atoms with Gasteiger partial charge in [-0.05, 0) is 74.5 Å². The van der Waals surface area contributed by atoms with Crippen molar-refractivity contribution < 1.29 is 14.2 Å². The minimum absolute atomic E-state index is 0.287. The first kappa shape index (κ1) is 21.6. The van der Waals surface area contributed by atoms with Gasteiger partial charge in [0.05, 0.1) is 32.5 Å². The second kappa shape index (κ2) is 12.5. The van der Waals surface area contributed by atoms with Crippen molar-refractivity contribution in [1.82, 2.24) is 0 Å². The van der Waals surface area contributed by atoms with E-state index in [0.29, 0.717) is 0 Å². The molecule has 0 spiro atoms. The highest BCUT2D eigenvalue weighted by Gasteiger charge is 2.22. The lowest BCUT2D eigenvalue weighted by Gasteiger charge is -2.29. The molecule has 3 nitrogen and oxygen atoms in total. The third-order valence-corrected chi connectivity index (χ3v) is 6.49. The summed E-state index contributed by atoms with van der Waals surface area (Å²) in [5.41, 5.74) is 1.51. The van der Waals surface area contributed by atoms with Crippen molar-refractivity contribution in [3.63, 3.8) is 0 Å². The highest BCUT2D eigenvalue weighted by molar-refractivity contribution is 5.29. The summed E-state index contributed by atoms with van der Waals surface area (Å²) >= 11 is 0. The lowest BCUT2D eigenvalue weighted by Crippen LogP contribution is -2.28. The van der Waals surface area contributed by atoms with E-state index in [9.17, 15) is 0 Å². The van der Waals surface area contributed by atoms with Crippen LogP contribution in [0.15, 0.2) is 24.3 Å². The van der Waals surface area contributed by atoms with Crippen molar-refractivity contribution in [2.24, 2.45) is 5.92 Å². The zero-order valence-electron chi connectivity index (χ0n) is 17.9. The van der Waals surface area contributed by atoms with E-state index in [2.05, 4.69) is 31.2 Å². The van der Waals surface area contributed by atoms with Crippen LogP contribution >= 0.6 is 0 Å². The molecular weight excluding hydrogens is 348 g/mol. The van der Waals surface area contributed by atoms with Gasteiger partial charge in [0, 0.05) is 0 Å². The summed E-state index contributed by atoms with van der Waals surface area (Å²) in [6.45, 7) is 5.33. The van der Waals surface area contributed by atoms with Gasteiger partial charge in [-0.15, -0.1) is 0 Å². The molecule has 0 N–H and O–H groups in total. The fraction of sp³-hybridized carbons (Fsp3) is 0.760. The molecule has 1 aliphatic carbocycles. The number of ether oxygens (including phenoxy) is 3. The van der Waals surface area contributed by atoms with Gasteiger partial charge in [-0.3, -0.25) is 0 Å². The second-order valence-electron chi connectivity index (χ2n) is 8.69. The average Bonchev–Trinajstić information content (AvgIpc) is 2.75. The number of benzene rings is 1. The van der Waals surface area contributed by atoms with Gasteiger partial charge in [-0.2, -0.15) is 0 Å². The van der Waals surface area contributed by atoms with Crippen molar-refractivity contribution >= 4 is 0 Å². The molecule has 1 heterocycles. The molecule has 1 atom stereocenters. The first-order chi connectivity index (χ1) is 13.8. The SMILES string of the molecule is CCCCCC1CCC(c2ccc(OCCCCC3COCCO3)cc2)CC1. The van der Waals surface area contributed by atoms with Gasteiger partial charge >= 0.3 is 0 Å². The summed E-state index contributed by atoms with van der Waals surface area (Å²) in [6, 6.07) is 8.93. The Hall–Kier alpha value is -1.06. The monoisotopic (exact) mass is 388 g/mol. The van der Waals surface area contributed by atoms with E-state index in [0.717, 1.165) is 63.3 Å². The Kier molecular flexibility index (Phi) is 9.66. The number of hydrogen-bond acceptors (Lipinski definition) is 3. The van der Waals surface area contributed by atoms with E-state index < -0.39 is 0 Å². The third-order valence-electron chi connectivity index (χ3n) is 6.49. The number of unbranched alkanes of at least 4 members (excludes halogenated alkanes) is 3.